The summed E-state index contributed by atoms with van der Waals surface area (Å²) >= 11 is 0. The summed E-state index contributed by atoms with van der Waals surface area (Å²) in [6.07, 6.45) is -0.381. The molecule has 1 aliphatic rings. The summed E-state index contributed by atoms with van der Waals surface area (Å²) in [7, 11) is 2.16. The molecule has 2 rings (SSSR count). The summed E-state index contributed by atoms with van der Waals surface area (Å²) in [6, 6.07) is 8.35. The number of likely N-dealkylation sites (N-methyl/N-ethyl adjacent to an activating group) is 1. The molecule has 5 nitrogen and oxygen atoms in total. The number of carbonyl (C=O) groups is 1. The summed E-state index contributed by atoms with van der Waals surface area (Å²) in [6.45, 7) is 11.9. The zero-order valence-electron chi connectivity index (χ0n) is 14.9. The highest BCUT2D eigenvalue weighted by molar-refractivity contribution is 5.68. The smallest absolute Gasteiger partial charge is 0.408 e. The first-order chi connectivity index (χ1) is 10.7. The molecular formula is C18H29N3O2. The second-order valence-corrected chi connectivity index (χ2v) is 7.25. The second-order valence-electron chi connectivity index (χ2n) is 7.25. The predicted octanol–water partition coefficient (Wildman–Crippen LogP) is 3.02. The Hall–Kier alpha value is -1.75. The van der Waals surface area contributed by atoms with Gasteiger partial charge in [-0.2, -0.15) is 0 Å². The van der Waals surface area contributed by atoms with Crippen LogP contribution in [0.1, 0.15) is 39.3 Å². The van der Waals surface area contributed by atoms with E-state index < -0.39 is 5.60 Å². The fourth-order valence-corrected chi connectivity index (χ4v) is 2.61. The number of nitrogens with one attached hydrogen (secondary N) is 1. The van der Waals surface area contributed by atoms with Crippen molar-refractivity contribution < 1.29 is 9.53 Å². The lowest BCUT2D eigenvalue weighted by Crippen LogP contribution is -2.44. The van der Waals surface area contributed by atoms with Crippen LogP contribution in [0.3, 0.4) is 0 Å². The van der Waals surface area contributed by atoms with E-state index >= 15 is 0 Å². The van der Waals surface area contributed by atoms with Gasteiger partial charge >= 0.3 is 6.09 Å². The van der Waals surface area contributed by atoms with Crippen LogP contribution in [-0.4, -0.2) is 49.8 Å². The maximum absolute atomic E-state index is 11.8. The van der Waals surface area contributed by atoms with Crippen LogP contribution >= 0.6 is 0 Å². The molecule has 1 atom stereocenters. The number of amides is 1. The number of alkyl carbamates (subject to hydrolysis) is 1. The molecule has 0 bridgehead atoms. The predicted molar refractivity (Wildman–Crippen MR) is 93.9 cm³/mol. The molecule has 1 heterocycles. The highest BCUT2D eigenvalue weighted by Crippen LogP contribution is 2.20. The van der Waals surface area contributed by atoms with Crippen LogP contribution in [0.2, 0.25) is 0 Å². The van der Waals surface area contributed by atoms with Crippen molar-refractivity contribution in [1.29, 1.82) is 0 Å². The van der Waals surface area contributed by atoms with Gasteiger partial charge in [-0.1, -0.05) is 12.1 Å². The molecule has 0 saturated carbocycles. The number of ether oxygens (including phenoxy) is 1. The number of rotatable bonds is 3. The number of carbonyl (C=O) groups excluding carboxylic acids is 1. The number of piperazine rings is 1. The van der Waals surface area contributed by atoms with Gasteiger partial charge in [0.05, 0.1) is 6.04 Å². The third-order valence-electron chi connectivity index (χ3n) is 3.99. The third-order valence-corrected chi connectivity index (χ3v) is 3.99. The average molecular weight is 319 g/mol. The van der Waals surface area contributed by atoms with Crippen molar-refractivity contribution in [3.63, 3.8) is 0 Å². The van der Waals surface area contributed by atoms with Gasteiger partial charge in [-0.25, -0.2) is 4.79 Å². The van der Waals surface area contributed by atoms with Crippen LogP contribution in [0.25, 0.3) is 0 Å². The molecule has 1 fully saturated rings. The van der Waals surface area contributed by atoms with Crippen molar-refractivity contribution in [3.05, 3.63) is 29.8 Å². The Morgan fingerprint density at radius 3 is 2.22 bits per heavy atom. The zero-order chi connectivity index (χ0) is 17.0. The van der Waals surface area contributed by atoms with Crippen LogP contribution < -0.4 is 10.2 Å². The third kappa shape index (κ3) is 5.43. The monoisotopic (exact) mass is 319 g/mol. The first-order valence-electron chi connectivity index (χ1n) is 8.27. The molecule has 0 aliphatic carbocycles. The van der Waals surface area contributed by atoms with E-state index in [4.69, 9.17) is 4.74 Å². The molecule has 128 valence electrons. The van der Waals surface area contributed by atoms with Crippen molar-refractivity contribution >= 4 is 11.8 Å². The number of nitrogens with zero attached hydrogens (tertiary/aromatic N) is 2. The van der Waals surface area contributed by atoms with Gasteiger partial charge in [-0.05, 0) is 52.4 Å². The SMILES string of the molecule is CC(NC(=O)OC(C)(C)C)c1ccc(N2CCN(C)CC2)cc1. The van der Waals surface area contributed by atoms with Crippen LogP contribution in [-0.2, 0) is 4.74 Å². The highest BCUT2D eigenvalue weighted by atomic mass is 16.6. The fourth-order valence-electron chi connectivity index (χ4n) is 2.61. The number of anilines is 1. The van der Waals surface area contributed by atoms with E-state index in [2.05, 4.69) is 46.4 Å². The van der Waals surface area contributed by atoms with Gasteiger partial charge in [-0.3, -0.25) is 0 Å². The molecular weight excluding hydrogens is 290 g/mol. The van der Waals surface area contributed by atoms with Gasteiger partial charge in [0.1, 0.15) is 5.60 Å². The second kappa shape index (κ2) is 7.21. The van der Waals surface area contributed by atoms with Crippen LogP contribution in [0.4, 0.5) is 10.5 Å². The maximum Gasteiger partial charge on any atom is 0.408 e. The maximum atomic E-state index is 11.8. The number of hydrogen-bond acceptors (Lipinski definition) is 4. The Morgan fingerprint density at radius 2 is 1.70 bits per heavy atom. The summed E-state index contributed by atoms with van der Waals surface area (Å²) in [5, 5.41) is 2.88. The molecule has 1 N–H and O–H groups in total. The molecule has 1 aromatic rings. The van der Waals surface area contributed by atoms with Crippen molar-refractivity contribution in [2.75, 3.05) is 38.1 Å². The molecule has 1 aromatic carbocycles. The van der Waals surface area contributed by atoms with E-state index in [0.29, 0.717) is 0 Å². The average Bonchev–Trinajstić information content (AvgIpc) is 2.46. The Bertz CT molecular complexity index is 514. The molecule has 1 amide bonds. The van der Waals surface area contributed by atoms with Gasteiger partial charge in [0.25, 0.3) is 0 Å². The van der Waals surface area contributed by atoms with Crippen LogP contribution in [0.5, 0.6) is 0 Å². The van der Waals surface area contributed by atoms with Gasteiger partial charge in [0, 0.05) is 31.9 Å². The van der Waals surface area contributed by atoms with Crippen molar-refractivity contribution in [3.8, 4) is 0 Å². The number of hydrogen-bond donors (Lipinski definition) is 1. The molecule has 1 saturated heterocycles. The van der Waals surface area contributed by atoms with Crippen molar-refractivity contribution in [1.82, 2.24) is 10.2 Å². The minimum Gasteiger partial charge on any atom is -0.444 e. The number of benzene rings is 1. The summed E-state index contributed by atoms with van der Waals surface area (Å²) in [5.41, 5.74) is 1.84. The molecule has 23 heavy (non-hydrogen) atoms. The van der Waals surface area contributed by atoms with Crippen molar-refractivity contribution in [2.24, 2.45) is 0 Å². The van der Waals surface area contributed by atoms with Crippen LogP contribution in [0.15, 0.2) is 24.3 Å². The quantitative estimate of drug-likeness (QED) is 0.930. The molecule has 1 unspecified atom stereocenters. The van der Waals surface area contributed by atoms with E-state index in [0.717, 1.165) is 31.7 Å². The largest absolute Gasteiger partial charge is 0.444 e. The highest BCUT2D eigenvalue weighted by Gasteiger charge is 2.19. The minimum atomic E-state index is -0.477. The molecule has 0 spiro atoms. The molecule has 0 aromatic heterocycles. The van der Waals surface area contributed by atoms with E-state index in [1.54, 1.807) is 0 Å². The standard InChI is InChI=1S/C18H29N3O2/c1-14(19-17(22)23-18(2,3)4)15-6-8-16(9-7-15)21-12-10-20(5)11-13-21/h6-9,14H,10-13H2,1-5H3,(H,19,22). The topological polar surface area (TPSA) is 44.8 Å². The van der Waals surface area contributed by atoms with E-state index in [9.17, 15) is 4.79 Å². The van der Waals surface area contributed by atoms with E-state index in [-0.39, 0.29) is 12.1 Å². The lowest BCUT2D eigenvalue weighted by Gasteiger charge is -2.34. The lowest BCUT2D eigenvalue weighted by atomic mass is 10.1. The Labute approximate surface area is 139 Å². The van der Waals surface area contributed by atoms with Gasteiger partial charge < -0.3 is 19.9 Å². The minimum absolute atomic E-state index is 0.0774. The molecule has 1 aliphatic heterocycles. The fraction of sp³-hybridized carbons (Fsp3) is 0.611. The summed E-state index contributed by atoms with van der Waals surface area (Å²) in [4.78, 5) is 16.6. The normalized spacial score (nSPS) is 17.7. The van der Waals surface area contributed by atoms with E-state index in [1.165, 1.54) is 5.69 Å². The zero-order valence-corrected chi connectivity index (χ0v) is 14.9. The Balaban J connectivity index is 1.92. The first kappa shape index (κ1) is 17.6. The molecule has 0 radical (unpaired) electrons. The van der Waals surface area contributed by atoms with Gasteiger partial charge in [-0.15, -0.1) is 0 Å². The van der Waals surface area contributed by atoms with E-state index in [1.807, 2.05) is 27.7 Å². The Kier molecular flexibility index (Phi) is 5.52. The summed E-state index contributed by atoms with van der Waals surface area (Å²) < 4.78 is 5.30. The van der Waals surface area contributed by atoms with Gasteiger partial charge in [0.15, 0.2) is 0 Å². The Morgan fingerprint density at radius 1 is 1.13 bits per heavy atom. The summed E-state index contributed by atoms with van der Waals surface area (Å²) in [5.74, 6) is 0. The first-order valence-corrected chi connectivity index (χ1v) is 8.27. The lowest BCUT2D eigenvalue weighted by molar-refractivity contribution is 0.0508. The van der Waals surface area contributed by atoms with Gasteiger partial charge in [0.2, 0.25) is 0 Å². The van der Waals surface area contributed by atoms with Crippen LogP contribution in [0, 0.1) is 0 Å². The molecule has 5 heteroatoms. The van der Waals surface area contributed by atoms with Crippen molar-refractivity contribution in [2.45, 2.75) is 39.3 Å².